The zero-order chi connectivity index (χ0) is 12.3. The van der Waals surface area contributed by atoms with E-state index in [0.717, 1.165) is 31.5 Å². The van der Waals surface area contributed by atoms with Crippen LogP contribution in [0, 0.1) is 6.92 Å². The van der Waals surface area contributed by atoms with Crippen molar-refractivity contribution >= 4 is 29.9 Å². The van der Waals surface area contributed by atoms with Gasteiger partial charge < -0.3 is 10.6 Å². The highest BCUT2D eigenvalue weighted by Crippen LogP contribution is 2.19. The number of halogens is 2. The van der Waals surface area contributed by atoms with Crippen molar-refractivity contribution in [1.29, 1.82) is 0 Å². The molecule has 0 bridgehead atoms. The average molecular weight is 289 g/mol. The molecule has 1 aliphatic rings. The fraction of sp³-hybridized carbons (Fsp3) is 0.462. The van der Waals surface area contributed by atoms with Crippen LogP contribution in [0.4, 0.5) is 0 Å². The molecule has 0 atom stereocenters. The first-order valence-corrected chi connectivity index (χ1v) is 6.33. The van der Waals surface area contributed by atoms with E-state index >= 15 is 0 Å². The Morgan fingerprint density at radius 2 is 2.06 bits per heavy atom. The van der Waals surface area contributed by atoms with Crippen molar-refractivity contribution in [3.63, 3.8) is 0 Å². The Kier molecular flexibility index (Phi) is 5.93. The second-order valence-electron chi connectivity index (χ2n) is 4.41. The summed E-state index contributed by atoms with van der Waals surface area (Å²) in [6.45, 7) is 3.82. The molecule has 18 heavy (non-hydrogen) atoms. The summed E-state index contributed by atoms with van der Waals surface area (Å²) in [5, 5.41) is 6.98. The first-order valence-electron chi connectivity index (χ1n) is 5.95. The lowest BCUT2D eigenvalue weighted by atomic mass is 10.0. The third-order valence-corrected chi connectivity index (χ3v) is 3.60. The highest BCUT2D eigenvalue weighted by atomic mass is 35.5. The lowest BCUT2D eigenvalue weighted by molar-refractivity contribution is 0.0929. The summed E-state index contributed by atoms with van der Waals surface area (Å²) in [7, 11) is 0. The van der Waals surface area contributed by atoms with Gasteiger partial charge in [0.1, 0.15) is 0 Å². The highest BCUT2D eigenvalue weighted by Gasteiger charge is 2.17. The number of hydrogen-bond acceptors (Lipinski definition) is 2. The summed E-state index contributed by atoms with van der Waals surface area (Å²) in [5.74, 6) is -0.0168. The summed E-state index contributed by atoms with van der Waals surface area (Å²) < 4.78 is 0. The molecule has 1 heterocycles. The summed E-state index contributed by atoms with van der Waals surface area (Å²) in [4.78, 5) is 12.1. The van der Waals surface area contributed by atoms with E-state index in [4.69, 9.17) is 11.6 Å². The van der Waals surface area contributed by atoms with Crippen molar-refractivity contribution in [3.8, 4) is 0 Å². The van der Waals surface area contributed by atoms with E-state index in [1.807, 2.05) is 19.1 Å². The van der Waals surface area contributed by atoms with Crippen LogP contribution in [0.25, 0.3) is 0 Å². The Balaban J connectivity index is 0.00000162. The number of piperidine rings is 1. The molecule has 0 unspecified atom stereocenters. The molecule has 0 spiro atoms. The van der Waals surface area contributed by atoms with Gasteiger partial charge in [-0.05, 0) is 50.6 Å². The Labute approximate surface area is 119 Å². The van der Waals surface area contributed by atoms with E-state index in [2.05, 4.69) is 10.6 Å². The Morgan fingerprint density at radius 1 is 1.39 bits per heavy atom. The Hall–Kier alpha value is -0.770. The van der Waals surface area contributed by atoms with Gasteiger partial charge in [-0.25, -0.2) is 0 Å². The van der Waals surface area contributed by atoms with E-state index in [1.165, 1.54) is 0 Å². The number of amides is 1. The van der Waals surface area contributed by atoms with Gasteiger partial charge in [-0.3, -0.25) is 4.79 Å². The molecule has 3 nitrogen and oxygen atoms in total. The van der Waals surface area contributed by atoms with Gasteiger partial charge in [-0.2, -0.15) is 0 Å². The largest absolute Gasteiger partial charge is 0.349 e. The third kappa shape index (κ3) is 3.61. The first kappa shape index (κ1) is 15.3. The van der Waals surface area contributed by atoms with Crippen LogP contribution in [0.15, 0.2) is 18.2 Å². The minimum Gasteiger partial charge on any atom is -0.349 e. The zero-order valence-corrected chi connectivity index (χ0v) is 11.9. The number of carbonyl (C=O) groups is 1. The predicted octanol–water partition coefficient (Wildman–Crippen LogP) is 2.55. The van der Waals surface area contributed by atoms with Gasteiger partial charge >= 0.3 is 0 Å². The molecule has 2 rings (SSSR count). The lowest BCUT2D eigenvalue weighted by Gasteiger charge is -2.24. The first-order chi connectivity index (χ1) is 8.18. The van der Waals surface area contributed by atoms with Crippen LogP contribution in [0.3, 0.4) is 0 Å². The quantitative estimate of drug-likeness (QED) is 0.878. The van der Waals surface area contributed by atoms with E-state index in [-0.39, 0.29) is 24.4 Å². The molecule has 5 heteroatoms. The van der Waals surface area contributed by atoms with Gasteiger partial charge in [0.15, 0.2) is 0 Å². The summed E-state index contributed by atoms with van der Waals surface area (Å²) in [5.41, 5.74) is 1.52. The zero-order valence-electron chi connectivity index (χ0n) is 10.3. The Morgan fingerprint density at radius 3 is 2.72 bits per heavy atom. The van der Waals surface area contributed by atoms with Crippen molar-refractivity contribution in [3.05, 3.63) is 34.3 Å². The van der Waals surface area contributed by atoms with Gasteiger partial charge in [-0.1, -0.05) is 17.7 Å². The number of hydrogen-bond donors (Lipinski definition) is 2. The fourth-order valence-electron chi connectivity index (χ4n) is 2.08. The highest BCUT2D eigenvalue weighted by molar-refractivity contribution is 6.31. The van der Waals surface area contributed by atoms with Gasteiger partial charge in [0.05, 0.1) is 0 Å². The summed E-state index contributed by atoms with van der Waals surface area (Å²) >= 11 is 6.01. The van der Waals surface area contributed by atoms with E-state index in [9.17, 15) is 4.79 Å². The predicted molar refractivity (Wildman–Crippen MR) is 76.8 cm³/mol. The molecule has 1 amide bonds. The molecule has 0 radical (unpaired) electrons. The fourth-order valence-corrected chi connectivity index (χ4v) is 2.26. The third-order valence-electron chi connectivity index (χ3n) is 3.19. The van der Waals surface area contributed by atoms with Crippen molar-refractivity contribution in [2.45, 2.75) is 25.8 Å². The molecule has 2 N–H and O–H groups in total. The van der Waals surface area contributed by atoms with E-state index in [0.29, 0.717) is 10.6 Å². The smallest absolute Gasteiger partial charge is 0.251 e. The molecule has 1 aromatic rings. The van der Waals surface area contributed by atoms with Crippen LogP contribution in [0.2, 0.25) is 5.02 Å². The van der Waals surface area contributed by atoms with Gasteiger partial charge in [0.25, 0.3) is 5.91 Å². The standard InChI is InChI=1S/C13H17ClN2O.ClH/c1-9-11(3-2-4-12(9)14)13(17)16-10-5-7-15-8-6-10;/h2-4,10,15H,5-8H2,1H3,(H,16,17);1H. The van der Waals surface area contributed by atoms with Gasteiger partial charge in [0.2, 0.25) is 0 Å². The monoisotopic (exact) mass is 288 g/mol. The number of carbonyl (C=O) groups excluding carboxylic acids is 1. The lowest BCUT2D eigenvalue weighted by Crippen LogP contribution is -2.42. The summed E-state index contributed by atoms with van der Waals surface area (Å²) in [6, 6.07) is 5.71. The molecular weight excluding hydrogens is 271 g/mol. The maximum atomic E-state index is 12.1. The maximum Gasteiger partial charge on any atom is 0.251 e. The molecule has 100 valence electrons. The maximum absolute atomic E-state index is 12.1. The van der Waals surface area contributed by atoms with Crippen LogP contribution < -0.4 is 10.6 Å². The molecule has 1 fully saturated rings. The van der Waals surface area contributed by atoms with Crippen LogP contribution in [-0.2, 0) is 0 Å². The second-order valence-corrected chi connectivity index (χ2v) is 4.82. The number of rotatable bonds is 2. The molecule has 1 saturated heterocycles. The van der Waals surface area contributed by atoms with Crippen molar-refractivity contribution in [1.82, 2.24) is 10.6 Å². The Bertz CT molecular complexity index is 417. The van der Waals surface area contributed by atoms with Crippen LogP contribution in [0.5, 0.6) is 0 Å². The van der Waals surface area contributed by atoms with Crippen LogP contribution >= 0.6 is 24.0 Å². The van der Waals surface area contributed by atoms with Crippen molar-refractivity contribution in [2.24, 2.45) is 0 Å². The van der Waals surface area contributed by atoms with Gasteiger partial charge in [-0.15, -0.1) is 12.4 Å². The van der Waals surface area contributed by atoms with Gasteiger partial charge in [0, 0.05) is 16.6 Å². The van der Waals surface area contributed by atoms with Crippen molar-refractivity contribution in [2.75, 3.05) is 13.1 Å². The minimum absolute atomic E-state index is 0. The molecule has 1 aromatic carbocycles. The molecule has 0 aliphatic carbocycles. The topological polar surface area (TPSA) is 41.1 Å². The minimum atomic E-state index is -0.0168. The van der Waals surface area contributed by atoms with E-state index < -0.39 is 0 Å². The molecular formula is C13H18Cl2N2O. The number of nitrogens with one attached hydrogen (secondary N) is 2. The van der Waals surface area contributed by atoms with Crippen LogP contribution in [0.1, 0.15) is 28.8 Å². The molecule has 1 aliphatic heterocycles. The molecule has 0 aromatic heterocycles. The number of benzene rings is 1. The van der Waals surface area contributed by atoms with Crippen molar-refractivity contribution < 1.29 is 4.79 Å². The van der Waals surface area contributed by atoms with Crippen LogP contribution in [-0.4, -0.2) is 25.0 Å². The second kappa shape index (κ2) is 6.98. The van der Waals surface area contributed by atoms with E-state index in [1.54, 1.807) is 6.07 Å². The average Bonchev–Trinajstić information content (AvgIpc) is 2.34. The SMILES string of the molecule is Cc1c(Cl)cccc1C(=O)NC1CCNCC1.Cl. The molecule has 0 saturated carbocycles. The normalized spacial score (nSPS) is 15.9. The summed E-state index contributed by atoms with van der Waals surface area (Å²) in [6.07, 6.45) is 1.98.